The number of piperazine rings is 1. The van der Waals surface area contributed by atoms with Crippen molar-refractivity contribution in [3.8, 4) is 5.88 Å². The first kappa shape index (κ1) is 15.0. The van der Waals surface area contributed by atoms with Gasteiger partial charge in [0, 0.05) is 32.2 Å². The third-order valence-corrected chi connectivity index (χ3v) is 3.46. The molecule has 6 heteroatoms. The van der Waals surface area contributed by atoms with Crippen LogP contribution in [-0.2, 0) is 0 Å². The summed E-state index contributed by atoms with van der Waals surface area (Å²) >= 11 is 0. The van der Waals surface area contributed by atoms with Gasteiger partial charge in [0.15, 0.2) is 0 Å². The van der Waals surface area contributed by atoms with Crippen LogP contribution in [0.25, 0.3) is 0 Å². The minimum Gasteiger partial charge on any atom is -0.478 e. The quantitative estimate of drug-likeness (QED) is 0.794. The van der Waals surface area contributed by atoms with Gasteiger partial charge >= 0.3 is 0 Å². The molecule has 0 unspecified atom stereocenters. The molecular weight excluding hydrogens is 254 g/mol. The van der Waals surface area contributed by atoms with Gasteiger partial charge in [0.2, 0.25) is 5.88 Å². The summed E-state index contributed by atoms with van der Waals surface area (Å²) in [5, 5.41) is 0. The SMILES string of the molecule is CCCOc1cc(N2CCN(CCCN)CC2)ncn1. The maximum atomic E-state index is 5.56. The molecule has 1 aliphatic heterocycles. The molecule has 1 aliphatic rings. The highest BCUT2D eigenvalue weighted by atomic mass is 16.5. The second-order valence-electron chi connectivity index (χ2n) is 5.03. The highest BCUT2D eigenvalue weighted by Crippen LogP contribution is 2.17. The number of nitrogens with two attached hydrogens (primary N) is 1. The fourth-order valence-electron chi connectivity index (χ4n) is 2.30. The third kappa shape index (κ3) is 4.31. The van der Waals surface area contributed by atoms with Crippen LogP contribution in [0.3, 0.4) is 0 Å². The van der Waals surface area contributed by atoms with E-state index < -0.39 is 0 Å². The first-order chi connectivity index (χ1) is 9.83. The minimum absolute atomic E-state index is 0.669. The molecule has 112 valence electrons. The van der Waals surface area contributed by atoms with Crippen molar-refractivity contribution in [2.24, 2.45) is 5.73 Å². The number of rotatable bonds is 7. The van der Waals surface area contributed by atoms with E-state index in [4.69, 9.17) is 10.5 Å². The zero-order chi connectivity index (χ0) is 14.2. The van der Waals surface area contributed by atoms with Crippen LogP contribution >= 0.6 is 0 Å². The monoisotopic (exact) mass is 279 g/mol. The van der Waals surface area contributed by atoms with E-state index in [2.05, 4.69) is 26.7 Å². The summed E-state index contributed by atoms with van der Waals surface area (Å²) in [5.74, 6) is 1.63. The summed E-state index contributed by atoms with van der Waals surface area (Å²) in [6.45, 7) is 8.77. The molecule has 0 radical (unpaired) electrons. The maximum absolute atomic E-state index is 5.56. The Balaban J connectivity index is 1.86. The normalized spacial score (nSPS) is 16.4. The van der Waals surface area contributed by atoms with Crippen LogP contribution < -0.4 is 15.4 Å². The zero-order valence-electron chi connectivity index (χ0n) is 12.3. The largest absolute Gasteiger partial charge is 0.478 e. The molecule has 0 aromatic carbocycles. The van der Waals surface area contributed by atoms with Crippen molar-refractivity contribution in [3.63, 3.8) is 0 Å². The Hall–Kier alpha value is -1.40. The molecule has 0 amide bonds. The molecule has 0 spiro atoms. The van der Waals surface area contributed by atoms with Crippen LogP contribution in [0.1, 0.15) is 19.8 Å². The summed E-state index contributed by atoms with van der Waals surface area (Å²) in [6, 6.07) is 1.94. The fraction of sp³-hybridized carbons (Fsp3) is 0.714. The van der Waals surface area contributed by atoms with Gasteiger partial charge in [-0.3, -0.25) is 4.90 Å². The average molecular weight is 279 g/mol. The highest BCUT2D eigenvalue weighted by molar-refractivity contribution is 5.41. The van der Waals surface area contributed by atoms with Gasteiger partial charge in [0.1, 0.15) is 12.1 Å². The molecule has 1 aromatic rings. The van der Waals surface area contributed by atoms with Crippen molar-refractivity contribution in [1.29, 1.82) is 0 Å². The lowest BCUT2D eigenvalue weighted by atomic mass is 10.3. The van der Waals surface area contributed by atoms with Crippen molar-refractivity contribution < 1.29 is 4.74 Å². The van der Waals surface area contributed by atoms with Crippen LogP contribution in [0.4, 0.5) is 5.82 Å². The molecule has 0 bridgehead atoms. The van der Waals surface area contributed by atoms with Gasteiger partial charge in [-0.1, -0.05) is 6.92 Å². The average Bonchev–Trinajstić information content (AvgIpc) is 2.52. The second-order valence-corrected chi connectivity index (χ2v) is 5.03. The lowest BCUT2D eigenvalue weighted by molar-refractivity contribution is 0.255. The molecule has 20 heavy (non-hydrogen) atoms. The lowest BCUT2D eigenvalue weighted by Gasteiger charge is -2.35. The molecule has 2 rings (SSSR count). The van der Waals surface area contributed by atoms with Gasteiger partial charge in [-0.2, -0.15) is 0 Å². The van der Waals surface area contributed by atoms with Gasteiger partial charge in [0.25, 0.3) is 0 Å². The van der Waals surface area contributed by atoms with Crippen LogP contribution in [0, 0.1) is 0 Å². The molecule has 1 saturated heterocycles. The zero-order valence-corrected chi connectivity index (χ0v) is 12.3. The third-order valence-electron chi connectivity index (χ3n) is 3.46. The van der Waals surface area contributed by atoms with Crippen molar-refractivity contribution in [1.82, 2.24) is 14.9 Å². The summed E-state index contributed by atoms with van der Waals surface area (Å²) in [4.78, 5) is 13.2. The molecule has 1 fully saturated rings. The number of nitrogens with zero attached hydrogens (tertiary/aromatic N) is 4. The van der Waals surface area contributed by atoms with E-state index in [0.29, 0.717) is 12.5 Å². The van der Waals surface area contributed by atoms with E-state index >= 15 is 0 Å². The van der Waals surface area contributed by atoms with E-state index in [-0.39, 0.29) is 0 Å². The summed E-state index contributed by atoms with van der Waals surface area (Å²) in [7, 11) is 0. The Kier molecular flexibility index (Phi) is 6.01. The van der Waals surface area contributed by atoms with Crippen LogP contribution in [-0.4, -0.2) is 60.7 Å². The topological polar surface area (TPSA) is 67.5 Å². The molecule has 0 aliphatic carbocycles. The Bertz CT molecular complexity index is 393. The maximum Gasteiger partial charge on any atom is 0.218 e. The van der Waals surface area contributed by atoms with Crippen LogP contribution in [0.15, 0.2) is 12.4 Å². The van der Waals surface area contributed by atoms with Crippen LogP contribution in [0.5, 0.6) is 5.88 Å². The van der Waals surface area contributed by atoms with E-state index in [1.165, 1.54) is 0 Å². The number of hydrogen-bond donors (Lipinski definition) is 1. The summed E-state index contributed by atoms with van der Waals surface area (Å²) < 4.78 is 5.56. The van der Waals surface area contributed by atoms with Crippen molar-refractivity contribution in [2.75, 3.05) is 50.8 Å². The van der Waals surface area contributed by atoms with Crippen molar-refractivity contribution in [2.45, 2.75) is 19.8 Å². The fourth-order valence-corrected chi connectivity index (χ4v) is 2.30. The van der Waals surface area contributed by atoms with E-state index in [9.17, 15) is 0 Å². The van der Waals surface area contributed by atoms with E-state index in [1.807, 2.05) is 6.07 Å². The molecule has 0 atom stereocenters. The van der Waals surface area contributed by atoms with Gasteiger partial charge in [-0.25, -0.2) is 9.97 Å². The van der Waals surface area contributed by atoms with Crippen molar-refractivity contribution >= 4 is 5.82 Å². The Labute approximate surface area is 120 Å². The Morgan fingerprint density at radius 2 is 2.05 bits per heavy atom. The molecule has 0 saturated carbocycles. The lowest BCUT2D eigenvalue weighted by Crippen LogP contribution is -2.47. The molecular formula is C14H25N5O. The number of hydrogen-bond acceptors (Lipinski definition) is 6. The van der Waals surface area contributed by atoms with Crippen LogP contribution in [0.2, 0.25) is 0 Å². The summed E-state index contributed by atoms with van der Waals surface area (Å²) in [6.07, 6.45) is 3.64. The molecule has 2 heterocycles. The predicted octanol–water partition coefficient (Wildman–Crippen LogP) is 0.736. The van der Waals surface area contributed by atoms with Gasteiger partial charge in [-0.05, 0) is 25.9 Å². The molecule has 2 N–H and O–H groups in total. The Morgan fingerprint density at radius 3 is 2.75 bits per heavy atom. The predicted molar refractivity (Wildman–Crippen MR) is 80.1 cm³/mol. The molecule has 1 aromatic heterocycles. The van der Waals surface area contributed by atoms with Crippen molar-refractivity contribution in [3.05, 3.63) is 12.4 Å². The second kappa shape index (κ2) is 8.01. The van der Waals surface area contributed by atoms with Gasteiger partial charge < -0.3 is 15.4 Å². The standard InChI is InChI=1S/C14H25N5O/c1-2-10-20-14-11-13(16-12-17-14)19-8-6-18(7-9-19)5-3-4-15/h11-12H,2-10,15H2,1H3. The first-order valence-corrected chi connectivity index (χ1v) is 7.45. The van der Waals surface area contributed by atoms with E-state index in [0.717, 1.165) is 57.9 Å². The number of anilines is 1. The number of aromatic nitrogens is 2. The Morgan fingerprint density at radius 1 is 1.25 bits per heavy atom. The first-order valence-electron chi connectivity index (χ1n) is 7.45. The highest BCUT2D eigenvalue weighted by Gasteiger charge is 2.18. The van der Waals surface area contributed by atoms with Gasteiger partial charge in [0.05, 0.1) is 6.61 Å². The number of ether oxygens (including phenoxy) is 1. The minimum atomic E-state index is 0.669. The smallest absolute Gasteiger partial charge is 0.218 e. The summed E-state index contributed by atoms with van der Waals surface area (Å²) in [5.41, 5.74) is 5.55. The van der Waals surface area contributed by atoms with Gasteiger partial charge in [-0.15, -0.1) is 0 Å². The van der Waals surface area contributed by atoms with E-state index in [1.54, 1.807) is 6.33 Å². The molecule has 6 nitrogen and oxygen atoms in total.